The van der Waals surface area contributed by atoms with Gasteiger partial charge in [0, 0.05) is 19.3 Å². The number of hydrogen-bond acceptors (Lipinski definition) is 12. The maximum Gasteiger partial charge on any atom is 0.243 e. The van der Waals surface area contributed by atoms with Crippen LogP contribution in [0, 0.1) is 11.8 Å². The number of nitrogens with one attached hydrogen (secondary N) is 9. The predicted molar refractivity (Wildman–Crippen MR) is 251 cm³/mol. The zero-order valence-electron chi connectivity index (χ0n) is 39.7. The van der Waals surface area contributed by atoms with Crippen molar-refractivity contribution < 1.29 is 52.7 Å². The molecule has 0 saturated heterocycles. The monoisotopic (exact) mass is 949 g/mol. The first-order valence-electron chi connectivity index (χ1n) is 22.5. The minimum Gasteiger partial charge on any atom is -0.347 e. The Kier molecular flexibility index (Phi) is 25.4. The number of ketones is 2. The molecule has 11 N–H and O–H groups in total. The van der Waals surface area contributed by atoms with Crippen molar-refractivity contribution >= 4 is 64.7 Å². The first kappa shape index (κ1) is 57.1. The van der Waals surface area contributed by atoms with E-state index in [1.165, 1.54) is 13.8 Å². The molecular formula is C47H68N10O11. The van der Waals surface area contributed by atoms with E-state index in [0.29, 0.717) is 11.1 Å². The number of amides is 9. The van der Waals surface area contributed by atoms with Crippen LogP contribution < -0.4 is 53.6 Å². The molecule has 0 radical (unpaired) electrons. The van der Waals surface area contributed by atoms with Crippen molar-refractivity contribution in [1.82, 2.24) is 47.9 Å². The second kappa shape index (κ2) is 30.3. The van der Waals surface area contributed by atoms with E-state index < -0.39 is 103 Å². The minimum atomic E-state index is -1.36. The third kappa shape index (κ3) is 23.4. The van der Waals surface area contributed by atoms with Gasteiger partial charge in [-0.05, 0) is 56.1 Å². The van der Waals surface area contributed by atoms with Crippen molar-refractivity contribution in [1.29, 1.82) is 0 Å². The van der Waals surface area contributed by atoms with Crippen LogP contribution in [0.5, 0.6) is 0 Å². The summed E-state index contributed by atoms with van der Waals surface area (Å²) in [5.74, 6) is -6.97. The average Bonchev–Trinajstić information content (AvgIpc) is 3.29. The molecule has 0 saturated carbocycles. The summed E-state index contributed by atoms with van der Waals surface area (Å²) in [6.07, 6.45) is -0.154. The number of nitrogens with two attached hydrogens (primary N) is 1. The molecule has 0 heterocycles. The molecule has 68 heavy (non-hydrogen) atoms. The maximum atomic E-state index is 13.6. The molecule has 21 nitrogen and oxygen atoms in total. The smallest absolute Gasteiger partial charge is 0.243 e. The number of benzene rings is 2. The van der Waals surface area contributed by atoms with Gasteiger partial charge in [-0.1, -0.05) is 88.4 Å². The van der Waals surface area contributed by atoms with Crippen molar-refractivity contribution in [2.24, 2.45) is 17.6 Å². The van der Waals surface area contributed by atoms with E-state index in [1.54, 1.807) is 60.7 Å². The highest BCUT2D eigenvalue weighted by Gasteiger charge is 2.30. The molecule has 0 spiro atoms. The average molecular weight is 949 g/mol. The molecule has 0 aliphatic heterocycles. The van der Waals surface area contributed by atoms with Gasteiger partial charge < -0.3 is 53.6 Å². The van der Waals surface area contributed by atoms with Crippen LogP contribution in [-0.2, 0) is 65.6 Å². The fourth-order valence-corrected chi connectivity index (χ4v) is 6.58. The number of carbonyl (C=O) groups is 11. The summed E-state index contributed by atoms with van der Waals surface area (Å²) in [4.78, 5) is 141. The van der Waals surface area contributed by atoms with E-state index in [-0.39, 0.29) is 75.0 Å². The summed E-state index contributed by atoms with van der Waals surface area (Å²) < 4.78 is 0. The molecule has 0 aromatic heterocycles. The largest absolute Gasteiger partial charge is 0.347 e. The Labute approximate surface area is 396 Å². The lowest BCUT2D eigenvalue weighted by Crippen LogP contribution is -2.56. The van der Waals surface area contributed by atoms with Crippen LogP contribution in [0.15, 0.2) is 60.7 Å². The van der Waals surface area contributed by atoms with E-state index in [2.05, 4.69) is 47.9 Å². The van der Waals surface area contributed by atoms with Gasteiger partial charge >= 0.3 is 0 Å². The zero-order valence-corrected chi connectivity index (χ0v) is 39.7. The maximum absolute atomic E-state index is 13.6. The van der Waals surface area contributed by atoms with Crippen molar-refractivity contribution in [2.45, 2.75) is 110 Å². The SMILES string of the molecule is CC(=O)CNC(=O)C(CC(C)C)NC(=O)C(Cc1ccccc1)NC(=O)CNC(=O)CCC(NC(=O)CN)C(=O)NCC(=O)NC(Cc1ccccc1)C(=O)NC(CC(C)C)C(=O)NCC(C)=O. The Morgan fingerprint density at radius 1 is 0.426 bits per heavy atom. The molecular weight excluding hydrogens is 881 g/mol. The molecule has 5 unspecified atom stereocenters. The Balaban J connectivity index is 2.10. The van der Waals surface area contributed by atoms with Crippen LogP contribution in [0.25, 0.3) is 0 Å². The van der Waals surface area contributed by atoms with Gasteiger partial charge in [-0.3, -0.25) is 52.7 Å². The zero-order chi connectivity index (χ0) is 50.8. The predicted octanol–water partition coefficient (Wildman–Crippen LogP) is -1.63. The normalized spacial score (nSPS) is 13.0. The first-order chi connectivity index (χ1) is 32.2. The highest BCUT2D eigenvalue weighted by atomic mass is 16.2. The molecule has 5 atom stereocenters. The Morgan fingerprint density at radius 3 is 1.18 bits per heavy atom. The van der Waals surface area contributed by atoms with Crippen molar-refractivity contribution in [3.63, 3.8) is 0 Å². The highest BCUT2D eigenvalue weighted by Crippen LogP contribution is 2.10. The summed E-state index contributed by atoms with van der Waals surface area (Å²) in [7, 11) is 0. The highest BCUT2D eigenvalue weighted by molar-refractivity contribution is 5.96. The van der Waals surface area contributed by atoms with E-state index in [4.69, 9.17) is 5.73 Å². The molecule has 0 aliphatic rings. The number of hydrogen-bond donors (Lipinski definition) is 10. The van der Waals surface area contributed by atoms with E-state index in [1.807, 2.05) is 27.7 Å². The Morgan fingerprint density at radius 2 is 0.794 bits per heavy atom. The van der Waals surface area contributed by atoms with E-state index in [9.17, 15) is 52.7 Å². The topological polar surface area (TPSA) is 322 Å². The summed E-state index contributed by atoms with van der Waals surface area (Å²) in [6.45, 7) is 7.83. The van der Waals surface area contributed by atoms with Crippen LogP contribution in [-0.4, -0.2) is 128 Å². The molecule has 0 bridgehead atoms. The van der Waals surface area contributed by atoms with Crippen molar-refractivity contribution in [3.05, 3.63) is 71.8 Å². The van der Waals surface area contributed by atoms with Crippen LogP contribution in [0.2, 0.25) is 0 Å². The number of Topliss-reactive ketones (excluding diaryl/α,β-unsaturated/α-hetero) is 2. The second-order valence-corrected chi connectivity index (χ2v) is 17.2. The molecule has 9 amide bonds. The van der Waals surface area contributed by atoms with Crippen molar-refractivity contribution in [3.8, 4) is 0 Å². The van der Waals surface area contributed by atoms with Crippen molar-refractivity contribution in [2.75, 3.05) is 32.7 Å². The first-order valence-corrected chi connectivity index (χ1v) is 22.5. The van der Waals surface area contributed by atoms with Crippen LogP contribution in [0.1, 0.15) is 78.4 Å². The molecule has 2 aromatic rings. The van der Waals surface area contributed by atoms with Crippen LogP contribution in [0.3, 0.4) is 0 Å². The van der Waals surface area contributed by atoms with Gasteiger partial charge in [0.05, 0.1) is 32.7 Å². The third-order valence-electron chi connectivity index (χ3n) is 9.94. The minimum absolute atomic E-state index is 0.0136. The van der Waals surface area contributed by atoms with Gasteiger partial charge in [0.2, 0.25) is 53.2 Å². The molecule has 2 aromatic carbocycles. The van der Waals surface area contributed by atoms with Crippen LogP contribution in [0.4, 0.5) is 0 Å². The lowest BCUT2D eigenvalue weighted by Gasteiger charge is -2.24. The van der Waals surface area contributed by atoms with Gasteiger partial charge in [0.25, 0.3) is 0 Å². The van der Waals surface area contributed by atoms with E-state index in [0.717, 1.165) is 0 Å². The molecule has 0 aliphatic carbocycles. The molecule has 2 rings (SSSR count). The fraction of sp³-hybridized carbons (Fsp3) is 0.511. The summed E-state index contributed by atoms with van der Waals surface area (Å²) in [5, 5.41) is 22.7. The summed E-state index contributed by atoms with van der Waals surface area (Å²) in [5.41, 5.74) is 6.83. The Hall–Kier alpha value is -7.03. The van der Waals surface area contributed by atoms with Gasteiger partial charge in [-0.2, -0.15) is 0 Å². The number of carbonyl (C=O) groups excluding carboxylic acids is 11. The van der Waals surface area contributed by atoms with Gasteiger partial charge in [-0.25, -0.2) is 0 Å². The summed E-state index contributed by atoms with van der Waals surface area (Å²) >= 11 is 0. The Bertz CT molecular complexity index is 2050. The summed E-state index contributed by atoms with van der Waals surface area (Å²) in [6, 6.07) is 11.7. The van der Waals surface area contributed by atoms with Gasteiger partial charge in [0.15, 0.2) is 0 Å². The second-order valence-electron chi connectivity index (χ2n) is 17.2. The fourth-order valence-electron chi connectivity index (χ4n) is 6.58. The van der Waals surface area contributed by atoms with Crippen LogP contribution >= 0.6 is 0 Å². The number of rotatable bonds is 30. The molecule has 21 heteroatoms. The molecule has 372 valence electrons. The molecule has 0 fully saturated rings. The van der Waals surface area contributed by atoms with E-state index >= 15 is 0 Å². The lowest BCUT2D eigenvalue weighted by atomic mass is 10.0. The quantitative estimate of drug-likeness (QED) is 0.0422. The third-order valence-corrected chi connectivity index (χ3v) is 9.94. The van der Waals surface area contributed by atoms with Gasteiger partial charge in [-0.15, -0.1) is 0 Å². The lowest BCUT2D eigenvalue weighted by molar-refractivity contribution is -0.133. The standard InChI is InChI=1S/C47H68N10O11/c1-28(2)19-35(44(65)50-24-30(5)58)56-46(67)37(21-32-13-9-7-10-14-32)54-41(62)26-49-39(60)18-17-34(53-40(61)23-48)43(64)52-27-42(63)55-38(22-33-15-11-8-12-16-33)47(68)57-36(20-29(3)4)45(66)51-25-31(6)59/h7-16,28-29,34-38H,17-27,48H2,1-6H3,(H,49,60)(H,50,65)(H,51,66)(H,52,64)(H,53,61)(H,54,62)(H,55,63)(H,56,67)(H,57,68). The van der Waals surface area contributed by atoms with Gasteiger partial charge in [0.1, 0.15) is 41.8 Å².